The first kappa shape index (κ1) is 23.9. The summed E-state index contributed by atoms with van der Waals surface area (Å²) in [5.41, 5.74) is 3.35. The SMILES string of the molecule is Cc1ccc(N(C)C(=O)CN(Cc2ccc(F)cc2)S(=O)(=O)c2ccc(Cl)cc2)cc1C. The summed E-state index contributed by atoms with van der Waals surface area (Å²) >= 11 is 5.90. The Hall–Kier alpha value is -2.74. The molecule has 0 bridgehead atoms. The summed E-state index contributed by atoms with van der Waals surface area (Å²) in [7, 11) is -2.41. The van der Waals surface area contributed by atoms with Crippen LogP contribution in [0.3, 0.4) is 0 Å². The number of benzene rings is 3. The molecule has 0 saturated heterocycles. The molecule has 0 radical (unpaired) electrons. The average Bonchev–Trinajstić information content (AvgIpc) is 2.76. The average molecular weight is 475 g/mol. The summed E-state index contributed by atoms with van der Waals surface area (Å²) in [5, 5.41) is 0.402. The van der Waals surface area contributed by atoms with Crippen LogP contribution < -0.4 is 4.90 Å². The van der Waals surface area contributed by atoms with Gasteiger partial charge in [-0.1, -0.05) is 29.8 Å². The molecule has 0 aromatic heterocycles. The fourth-order valence-electron chi connectivity index (χ4n) is 3.11. The van der Waals surface area contributed by atoms with Crippen LogP contribution in [0, 0.1) is 19.7 Å². The number of hydrogen-bond donors (Lipinski definition) is 0. The van der Waals surface area contributed by atoms with Crippen LogP contribution in [0.15, 0.2) is 71.6 Å². The lowest BCUT2D eigenvalue weighted by Gasteiger charge is -2.25. The third-order valence-corrected chi connectivity index (χ3v) is 7.35. The molecule has 0 heterocycles. The van der Waals surface area contributed by atoms with Gasteiger partial charge in [-0.2, -0.15) is 4.31 Å². The fraction of sp³-hybridized carbons (Fsp3) is 0.208. The molecule has 3 rings (SSSR count). The van der Waals surface area contributed by atoms with Crippen molar-refractivity contribution >= 4 is 33.2 Å². The van der Waals surface area contributed by atoms with E-state index in [-0.39, 0.29) is 18.0 Å². The number of sulfonamides is 1. The van der Waals surface area contributed by atoms with Crippen LogP contribution in [0.5, 0.6) is 0 Å². The minimum Gasteiger partial charge on any atom is -0.314 e. The third kappa shape index (κ3) is 5.54. The standard InChI is InChI=1S/C24H24ClFN2O3S/c1-17-4-11-22(14-18(17)2)27(3)24(29)16-28(15-19-5-9-21(26)10-6-19)32(30,31)23-12-7-20(25)8-13-23/h4-14H,15-16H2,1-3H3. The first-order chi connectivity index (χ1) is 15.1. The van der Waals surface area contributed by atoms with Gasteiger partial charge in [-0.25, -0.2) is 12.8 Å². The van der Waals surface area contributed by atoms with Gasteiger partial charge < -0.3 is 4.90 Å². The quantitative estimate of drug-likeness (QED) is 0.487. The smallest absolute Gasteiger partial charge is 0.243 e. The van der Waals surface area contributed by atoms with E-state index in [4.69, 9.17) is 11.6 Å². The molecule has 0 saturated carbocycles. The molecule has 0 aliphatic rings. The first-order valence-corrected chi connectivity index (χ1v) is 11.7. The maximum atomic E-state index is 13.3. The number of carbonyl (C=O) groups excluding carboxylic acids is 1. The number of nitrogens with zero attached hydrogens (tertiary/aromatic N) is 2. The van der Waals surface area contributed by atoms with Crippen LogP contribution in [0.4, 0.5) is 10.1 Å². The number of aryl methyl sites for hydroxylation is 2. The van der Waals surface area contributed by atoms with Crippen LogP contribution in [0.1, 0.15) is 16.7 Å². The Morgan fingerprint density at radius 3 is 2.16 bits per heavy atom. The molecule has 0 aliphatic heterocycles. The van der Waals surface area contributed by atoms with E-state index in [2.05, 4.69) is 0 Å². The number of halogens is 2. The van der Waals surface area contributed by atoms with Crippen molar-refractivity contribution in [2.45, 2.75) is 25.3 Å². The Bertz CT molecular complexity index is 1210. The summed E-state index contributed by atoms with van der Waals surface area (Å²) in [6, 6.07) is 16.9. The van der Waals surface area contributed by atoms with Crippen molar-refractivity contribution in [2.75, 3.05) is 18.5 Å². The molecule has 0 unspecified atom stereocenters. The summed E-state index contributed by atoms with van der Waals surface area (Å²) in [6.45, 7) is 3.45. The van der Waals surface area contributed by atoms with Gasteiger partial charge >= 0.3 is 0 Å². The van der Waals surface area contributed by atoms with Gasteiger partial charge in [-0.15, -0.1) is 0 Å². The zero-order chi connectivity index (χ0) is 23.5. The second-order valence-corrected chi connectivity index (χ2v) is 9.95. The molecule has 5 nitrogen and oxygen atoms in total. The molecule has 32 heavy (non-hydrogen) atoms. The van der Waals surface area contributed by atoms with Crippen LogP contribution in [0.2, 0.25) is 5.02 Å². The Balaban J connectivity index is 1.92. The highest BCUT2D eigenvalue weighted by Gasteiger charge is 2.28. The van der Waals surface area contributed by atoms with Gasteiger partial charge in [0.2, 0.25) is 15.9 Å². The summed E-state index contributed by atoms with van der Waals surface area (Å²) < 4.78 is 41.1. The molecule has 0 aliphatic carbocycles. The lowest BCUT2D eigenvalue weighted by atomic mass is 10.1. The highest BCUT2D eigenvalue weighted by atomic mass is 35.5. The molecule has 8 heteroatoms. The van der Waals surface area contributed by atoms with Gasteiger partial charge in [0.05, 0.1) is 11.4 Å². The Kier molecular flexibility index (Phi) is 7.33. The van der Waals surface area contributed by atoms with Gasteiger partial charge in [0, 0.05) is 24.3 Å². The van der Waals surface area contributed by atoms with Crippen molar-refractivity contribution in [3.05, 3.63) is 94.3 Å². The minimum absolute atomic E-state index is 0.0191. The second kappa shape index (κ2) is 9.81. The van der Waals surface area contributed by atoms with Crippen LogP contribution in [0.25, 0.3) is 0 Å². The molecule has 3 aromatic rings. The van der Waals surface area contributed by atoms with E-state index < -0.39 is 21.7 Å². The van der Waals surface area contributed by atoms with E-state index in [0.717, 1.165) is 15.4 Å². The predicted octanol–water partition coefficient (Wildman–Crippen LogP) is 4.95. The molecule has 0 fully saturated rings. The Morgan fingerprint density at radius 2 is 1.56 bits per heavy atom. The molecule has 0 atom stereocenters. The van der Waals surface area contributed by atoms with Gasteiger partial charge in [-0.3, -0.25) is 4.79 Å². The number of anilines is 1. The van der Waals surface area contributed by atoms with Crippen molar-refractivity contribution in [1.82, 2.24) is 4.31 Å². The minimum atomic E-state index is -4.02. The van der Waals surface area contributed by atoms with E-state index in [1.807, 2.05) is 32.0 Å². The van der Waals surface area contributed by atoms with E-state index >= 15 is 0 Å². The van der Waals surface area contributed by atoms with Crippen LogP contribution in [-0.4, -0.2) is 32.2 Å². The van der Waals surface area contributed by atoms with Crippen LogP contribution in [-0.2, 0) is 21.4 Å². The first-order valence-electron chi connectivity index (χ1n) is 9.92. The summed E-state index contributed by atoms with van der Waals surface area (Å²) in [4.78, 5) is 14.5. The van der Waals surface area contributed by atoms with Gasteiger partial charge in [0.15, 0.2) is 0 Å². The summed E-state index contributed by atoms with van der Waals surface area (Å²) in [6.07, 6.45) is 0. The largest absolute Gasteiger partial charge is 0.314 e. The maximum absolute atomic E-state index is 13.3. The Labute approximate surface area is 193 Å². The normalized spacial score (nSPS) is 11.6. The van der Waals surface area contributed by atoms with Gasteiger partial charge in [0.25, 0.3) is 0 Å². The van der Waals surface area contributed by atoms with Crippen molar-refractivity contribution < 1.29 is 17.6 Å². The van der Waals surface area contributed by atoms with E-state index in [1.54, 1.807) is 7.05 Å². The van der Waals surface area contributed by atoms with Crippen molar-refractivity contribution in [3.63, 3.8) is 0 Å². The topological polar surface area (TPSA) is 57.7 Å². The van der Waals surface area contributed by atoms with E-state index in [1.165, 1.54) is 53.4 Å². The van der Waals surface area contributed by atoms with Gasteiger partial charge in [-0.05, 0) is 79.1 Å². The molecule has 0 N–H and O–H groups in total. The second-order valence-electron chi connectivity index (χ2n) is 7.57. The highest BCUT2D eigenvalue weighted by molar-refractivity contribution is 7.89. The molecule has 1 amide bonds. The number of likely N-dealkylation sites (N-methyl/N-ethyl adjacent to an activating group) is 1. The van der Waals surface area contributed by atoms with Crippen molar-refractivity contribution in [3.8, 4) is 0 Å². The van der Waals surface area contributed by atoms with Crippen molar-refractivity contribution in [1.29, 1.82) is 0 Å². The molecule has 3 aromatic carbocycles. The molecular weight excluding hydrogens is 451 g/mol. The summed E-state index contributed by atoms with van der Waals surface area (Å²) in [5.74, 6) is -0.820. The van der Waals surface area contributed by atoms with Crippen LogP contribution >= 0.6 is 11.6 Å². The number of carbonyl (C=O) groups is 1. The van der Waals surface area contributed by atoms with Crippen molar-refractivity contribution in [2.24, 2.45) is 0 Å². The zero-order valence-corrected chi connectivity index (χ0v) is 19.6. The molecular formula is C24H24ClFN2O3S. The highest BCUT2D eigenvalue weighted by Crippen LogP contribution is 2.22. The monoisotopic (exact) mass is 474 g/mol. The number of hydrogen-bond acceptors (Lipinski definition) is 3. The predicted molar refractivity (Wildman–Crippen MR) is 125 cm³/mol. The molecule has 0 spiro atoms. The lowest BCUT2D eigenvalue weighted by Crippen LogP contribution is -2.41. The fourth-order valence-corrected chi connectivity index (χ4v) is 4.61. The molecule has 168 valence electrons. The number of amides is 1. The maximum Gasteiger partial charge on any atom is 0.243 e. The van der Waals surface area contributed by atoms with E-state index in [9.17, 15) is 17.6 Å². The third-order valence-electron chi connectivity index (χ3n) is 5.29. The number of rotatable bonds is 7. The zero-order valence-electron chi connectivity index (χ0n) is 18.0. The van der Waals surface area contributed by atoms with E-state index in [0.29, 0.717) is 16.3 Å². The van der Waals surface area contributed by atoms with Gasteiger partial charge in [0.1, 0.15) is 5.82 Å². The lowest BCUT2D eigenvalue weighted by molar-refractivity contribution is -0.118. The Morgan fingerprint density at radius 1 is 0.938 bits per heavy atom.